The first-order valence-corrected chi connectivity index (χ1v) is 7.47. The van der Waals surface area contributed by atoms with Crippen LogP contribution >= 0.6 is 0 Å². The van der Waals surface area contributed by atoms with Crippen molar-refractivity contribution in [3.05, 3.63) is 0 Å². The fourth-order valence-electron chi connectivity index (χ4n) is 2.37. The summed E-state index contributed by atoms with van der Waals surface area (Å²) in [6.07, 6.45) is 2.09. The van der Waals surface area contributed by atoms with E-state index in [1.807, 2.05) is 13.8 Å². The van der Waals surface area contributed by atoms with Crippen molar-refractivity contribution in [1.82, 2.24) is 16.0 Å². The van der Waals surface area contributed by atoms with Crippen molar-refractivity contribution in [2.45, 2.75) is 39.2 Å². The lowest BCUT2D eigenvalue weighted by Gasteiger charge is -2.25. The maximum atomic E-state index is 12.2. The van der Waals surface area contributed by atoms with Crippen molar-refractivity contribution in [3.8, 4) is 0 Å². The highest BCUT2D eigenvalue weighted by Gasteiger charge is 2.27. The molecule has 0 aromatic rings. The number of rotatable bonds is 7. The van der Waals surface area contributed by atoms with Crippen molar-refractivity contribution >= 4 is 17.7 Å². The monoisotopic (exact) mass is 298 g/mol. The highest BCUT2D eigenvalue weighted by atomic mass is 16.2. The summed E-state index contributed by atoms with van der Waals surface area (Å²) < 4.78 is 0. The van der Waals surface area contributed by atoms with Crippen LogP contribution in [0.4, 0.5) is 0 Å². The molecule has 0 unspecified atom stereocenters. The second-order valence-corrected chi connectivity index (χ2v) is 5.90. The molecular formula is C14H26N4O3. The lowest BCUT2D eigenvalue weighted by atomic mass is 9.95. The molecule has 1 heterocycles. The van der Waals surface area contributed by atoms with Gasteiger partial charge in [-0.2, -0.15) is 0 Å². The molecule has 0 bridgehead atoms. The van der Waals surface area contributed by atoms with Crippen molar-refractivity contribution in [1.29, 1.82) is 0 Å². The van der Waals surface area contributed by atoms with E-state index < -0.39 is 11.9 Å². The predicted molar refractivity (Wildman–Crippen MR) is 79.2 cm³/mol. The van der Waals surface area contributed by atoms with Crippen LogP contribution in [0.25, 0.3) is 0 Å². The average Bonchev–Trinajstić information content (AvgIpc) is 2.44. The lowest BCUT2D eigenvalue weighted by Crippen LogP contribution is -2.51. The van der Waals surface area contributed by atoms with Gasteiger partial charge in [0.05, 0.1) is 6.54 Å². The van der Waals surface area contributed by atoms with Gasteiger partial charge in [-0.05, 0) is 38.3 Å². The summed E-state index contributed by atoms with van der Waals surface area (Å²) in [6.45, 7) is 5.38. The molecule has 3 amide bonds. The van der Waals surface area contributed by atoms with Gasteiger partial charge in [-0.3, -0.25) is 14.4 Å². The van der Waals surface area contributed by atoms with Gasteiger partial charge in [0, 0.05) is 5.92 Å². The molecule has 1 saturated heterocycles. The highest BCUT2D eigenvalue weighted by molar-refractivity contribution is 5.90. The molecule has 1 aliphatic heterocycles. The molecule has 1 fully saturated rings. The minimum absolute atomic E-state index is 0.0511. The van der Waals surface area contributed by atoms with Crippen LogP contribution in [0.2, 0.25) is 0 Å². The number of piperidine rings is 1. The van der Waals surface area contributed by atoms with Gasteiger partial charge in [0.25, 0.3) is 0 Å². The summed E-state index contributed by atoms with van der Waals surface area (Å²) in [5.41, 5.74) is 5.01. The second-order valence-electron chi connectivity index (χ2n) is 5.90. The Balaban J connectivity index is 2.57. The SMILES string of the molecule is CC(C)C[C@@H](NC(=O)C1CCNCC1)C(=O)NCC(N)=O. The fraction of sp³-hybridized carbons (Fsp3) is 0.786. The van der Waals surface area contributed by atoms with Crippen molar-refractivity contribution in [2.24, 2.45) is 17.6 Å². The number of nitrogens with one attached hydrogen (secondary N) is 3. The number of carbonyl (C=O) groups is 3. The van der Waals surface area contributed by atoms with E-state index in [4.69, 9.17) is 5.73 Å². The minimum Gasteiger partial charge on any atom is -0.368 e. The lowest BCUT2D eigenvalue weighted by molar-refractivity contribution is -0.132. The Morgan fingerprint density at radius 3 is 2.38 bits per heavy atom. The summed E-state index contributed by atoms with van der Waals surface area (Å²) >= 11 is 0. The first-order chi connectivity index (χ1) is 9.90. The molecule has 1 atom stereocenters. The zero-order chi connectivity index (χ0) is 15.8. The van der Waals surface area contributed by atoms with Crippen molar-refractivity contribution in [2.75, 3.05) is 19.6 Å². The highest BCUT2D eigenvalue weighted by Crippen LogP contribution is 2.13. The Kier molecular flexibility index (Phi) is 7.14. The summed E-state index contributed by atoms with van der Waals surface area (Å²) in [7, 11) is 0. The predicted octanol–water partition coefficient (Wildman–Crippen LogP) is -0.882. The molecule has 120 valence electrons. The van der Waals surface area contributed by atoms with E-state index in [2.05, 4.69) is 16.0 Å². The number of hydrogen-bond acceptors (Lipinski definition) is 4. The molecule has 0 radical (unpaired) electrons. The topological polar surface area (TPSA) is 113 Å². The Hall–Kier alpha value is -1.63. The van der Waals surface area contributed by atoms with Crippen LogP contribution in [0, 0.1) is 11.8 Å². The molecule has 0 aliphatic carbocycles. The normalized spacial score (nSPS) is 17.3. The van der Waals surface area contributed by atoms with Gasteiger partial charge in [0.2, 0.25) is 17.7 Å². The number of primary amides is 1. The third-order valence-corrected chi connectivity index (χ3v) is 3.49. The number of amides is 3. The number of hydrogen-bond donors (Lipinski definition) is 4. The van der Waals surface area contributed by atoms with E-state index >= 15 is 0 Å². The first kappa shape index (κ1) is 17.4. The Morgan fingerprint density at radius 1 is 1.24 bits per heavy atom. The second kappa shape index (κ2) is 8.61. The van der Waals surface area contributed by atoms with E-state index in [1.165, 1.54) is 0 Å². The van der Waals surface area contributed by atoms with Gasteiger partial charge in [-0.1, -0.05) is 13.8 Å². The van der Waals surface area contributed by atoms with Crippen LogP contribution in [0.3, 0.4) is 0 Å². The largest absolute Gasteiger partial charge is 0.368 e. The molecule has 21 heavy (non-hydrogen) atoms. The maximum absolute atomic E-state index is 12.2. The van der Waals surface area contributed by atoms with Crippen LogP contribution in [0.5, 0.6) is 0 Å². The fourth-order valence-corrected chi connectivity index (χ4v) is 2.37. The molecule has 1 aliphatic rings. The molecule has 0 saturated carbocycles. The van der Waals surface area contributed by atoms with Crippen LogP contribution in [-0.4, -0.2) is 43.4 Å². The van der Waals surface area contributed by atoms with E-state index in [1.54, 1.807) is 0 Å². The van der Waals surface area contributed by atoms with Gasteiger partial charge in [0.15, 0.2) is 0 Å². The standard InChI is InChI=1S/C14H26N4O3/c1-9(2)7-11(14(21)17-8-12(15)19)18-13(20)10-3-5-16-6-4-10/h9-11,16H,3-8H2,1-2H3,(H2,15,19)(H,17,21)(H,18,20)/t11-/m1/s1. The Labute approximate surface area is 125 Å². The molecule has 5 N–H and O–H groups in total. The molecule has 1 rings (SSSR count). The summed E-state index contributed by atoms with van der Waals surface area (Å²) in [4.78, 5) is 35.0. The van der Waals surface area contributed by atoms with Crippen LogP contribution < -0.4 is 21.7 Å². The zero-order valence-corrected chi connectivity index (χ0v) is 12.8. The molecule has 7 heteroatoms. The zero-order valence-electron chi connectivity index (χ0n) is 12.8. The third kappa shape index (κ3) is 6.57. The summed E-state index contributed by atoms with van der Waals surface area (Å²) in [5.74, 6) is -0.843. The summed E-state index contributed by atoms with van der Waals surface area (Å²) in [5, 5.41) is 8.47. The van der Waals surface area contributed by atoms with Crippen molar-refractivity contribution < 1.29 is 14.4 Å². The number of carbonyl (C=O) groups excluding carboxylic acids is 3. The van der Waals surface area contributed by atoms with E-state index in [0.717, 1.165) is 25.9 Å². The minimum atomic E-state index is -0.619. The molecule has 0 spiro atoms. The Morgan fingerprint density at radius 2 is 1.86 bits per heavy atom. The maximum Gasteiger partial charge on any atom is 0.243 e. The molecule has 0 aromatic heterocycles. The smallest absolute Gasteiger partial charge is 0.243 e. The van der Waals surface area contributed by atoms with Gasteiger partial charge < -0.3 is 21.7 Å². The van der Waals surface area contributed by atoms with Crippen molar-refractivity contribution in [3.63, 3.8) is 0 Å². The van der Waals surface area contributed by atoms with Gasteiger partial charge in [0.1, 0.15) is 6.04 Å². The van der Waals surface area contributed by atoms with E-state index in [0.29, 0.717) is 6.42 Å². The van der Waals surface area contributed by atoms with Gasteiger partial charge in [-0.25, -0.2) is 0 Å². The average molecular weight is 298 g/mol. The first-order valence-electron chi connectivity index (χ1n) is 7.47. The van der Waals surface area contributed by atoms with E-state index in [9.17, 15) is 14.4 Å². The molecular weight excluding hydrogens is 272 g/mol. The quantitative estimate of drug-likeness (QED) is 0.488. The van der Waals surface area contributed by atoms with Crippen LogP contribution in [0.15, 0.2) is 0 Å². The summed E-state index contributed by atoms with van der Waals surface area (Å²) in [6, 6.07) is -0.619. The molecule has 0 aromatic carbocycles. The Bertz CT molecular complexity index is 378. The third-order valence-electron chi connectivity index (χ3n) is 3.49. The van der Waals surface area contributed by atoms with Gasteiger partial charge >= 0.3 is 0 Å². The van der Waals surface area contributed by atoms with Gasteiger partial charge in [-0.15, -0.1) is 0 Å². The van der Waals surface area contributed by atoms with Crippen LogP contribution in [-0.2, 0) is 14.4 Å². The van der Waals surface area contributed by atoms with Crippen LogP contribution in [0.1, 0.15) is 33.1 Å². The number of nitrogens with two attached hydrogens (primary N) is 1. The van der Waals surface area contributed by atoms with E-state index in [-0.39, 0.29) is 30.2 Å². The molecule has 7 nitrogen and oxygen atoms in total.